The normalized spacial score (nSPS) is 11.0. The molecule has 0 saturated heterocycles. The number of aryl methyl sites for hydroxylation is 1. The quantitative estimate of drug-likeness (QED) is 0.384. The average molecular weight is 296 g/mol. The predicted molar refractivity (Wildman–Crippen MR) is 79.3 cm³/mol. The van der Waals surface area contributed by atoms with Gasteiger partial charge < -0.3 is 9.73 Å². The van der Waals surface area contributed by atoms with Gasteiger partial charge in [-0.1, -0.05) is 13.8 Å². The van der Waals surface area contributed by atoms with Gasteiger partial charge in [-0.15, -0.1) is 0 Å². The molecule has 4 N–H and O–H groups in total. The van der Waals surface area contributed by atoms with Crippen molar-refractivity contribution in [3.63, 3.8) is 0 Å². The van der Waals surface area contributed by atoms with E-state index in [9.17, 15) is 9.59 Å². The Morgan fingerprint density at radius 3 is 2.67 bits per heavy atom. The maximum Gasteiger partial charge on any atom is 0.268 e. The van der Waals surface area contributed by atoms with Gasteiger partial charge in [0.2, 0.25) is 5.91 Å². The van der Waals surface area contributed by atoms with E-state index in [1.54, 1.807) is 13.0 Å². The molecular formula is C14H24N4O3. The zero-order valence-electron chi connectivity index (χ0n) is 13.0. The van der Waals surface area contributed by atoms with Crippen LogP contribution in [-0.4, -0.2) is 36.9 Å². The van der Waals surface area contributed by atoms with Crippen molar-refractivity contribution in [2.45, 2.75) is 27.3 Å². The van der Waals surface area contributed by atoms with Crippen molar-refractivity contribution in [1.29, 1.82) is 0 Å². The number of furan rings is 1. The SMILES string of the molecule is Cc1oc(CN(C)CC(=O)NCC(C)C)cc1C(=O)NN. The summed E-state index contributed by atoms with van der Waals surface area (Å²) < 4.78 is 5.50. The Bertz CT molecular complexity index is 496. The molecule has 2 amide bonds. The molecule has 0 aliphatic heterocycles. The van der Waals surface area contributed by atoms with E-state index in [0.717, 1.165) is 0 Å². The summed E-state index contributed by atoms with van der Waals surface area (Å²) in [6.45, 7) is 7.15. The lowest BCUT2D eigenvalue weighted by atomic mass is 10.2. The molecule has 0 bridgehead atoms. The molecule has 1 aromatic heterocycles. The topological polar surface area (TPSA) is 101 Å². The van der Waals surface area contributed by atoms with Crippen LogP contribution in [0.3, 0.4) is 0 Å². The molecule has 1 rings (SSSR count). The summed E-state index contributed by atoms with van der Waals surface area (Å²) in [5.41, 5.74) is 2.48. The molecule has 0 aromatic carbocycles. The first-order valence-electron chi connectivity index (χ1n) is 6.89. The third-order valence-electron chi connectivity index (χ3n) is 2.89. The Balaban J connectivity index is 2.53. The summed E-state index contributed by atoms with van der Waals surface area (Å²) in [7, 11) is 1.81. The maximum atomic E-state index is 11.7. The molecule has 1 heterocycles. The van der Waals surface area contributed by atoms with Gasteiger partial charge in [0.25, 0.3) is 5.91 Å². The lowest BCUT2D eigenvalue weighted by molar-refractivity contribution is -0.122. The number of rotatable bonds is 7. The van der Waals surface area contributed by atoms with Crippen LogP contribution in [0.5, 0.6) is 0 Å². The van der Waals surface area contributed by atoms with E-state index in [4.69, 9.17) is 10.3 Å². The summed E-state index contributed by atoms with van der Waals surface area (Å²) in [5, 5.41) is 2.85. The van der Waals surface area contributed by atoms with Gasteiger partial charge in [0.05, 0.1) is 18.7 Å². The highest BCUT2D eigenvalue weighted by molar-refractivity contribution is 5.94. The zero-order valence-corrected chi connectivity index (χ0v) is 13.0. The van der Waals surface area contributed by atoms with Gasteiger partial charge >= 0.3 is 0 Å². The fourth-order valence-electron chi connectivity index (χ4n) is 1.87. The van der Waals surface area contributed by atoms with E-state index in [0.29, 0.717) is 36.1 Å². The second kappa shape index (κ2) is 7.80. The minimum atomic E-state index is -0.389. The number of nitrogen functional groups attached to an aromatic ring is 1. The van der Waals surface area contributed by atoms with E-state index >= 15 is 0 Å². The number of hydrazine groups is 1. The van der Waals surface area contributed by atoms with E-state index in [1.165, 1.54) is 0 Å². The molecule has 118 valence electrons. The van der Waals surface area contributed by atoms with Gasteiger partial charge in [0.15, 0.2) is 0 Å². The Morgan fingerprint density at radius 2 is 2.10 bits per heavy atom. The Hall–Kier alpha value is -1.86. The van der Waals surface area contributed by atoms with E-state index in [2.05, 4.69) is 10.7 Å². The first-order valence-corrected chi connectivity index (χ1v) is 6.89. The molecule has 21 heavy (non-hydrogen) atoms. The molecule has 0 aliphatic rings. The van der Waals surface area contributed by atoms with E-state index in [-0.39, 0.29) is 18.4 Å². The van der Waals surface area contributed by atoms with Crippen LogP contribution in [0.1, 0.15) is 35.7 Å². The number of carbonyl (C=O) groups excluding carboxylic acids is 2. The highest BCUT2D eigenvalue weighted by Gasteiger charge is 2.15. The Labute approximate surface area is 124 Å². The largest absolute Gasteiger partial charge is 0.464 e. The summed E-state index contributed by atoms with van der Waals surface area (Å²) >= 11 is 0. The third kappa shape index (κ3) is 5.57. The van der Waals surface area contributed by atoms with Crippen molar-refractivity contribution in [1.82, 2.24) is 15.6 Å². The minimum Gasteiger partial charge on any atom is -0.464 e. The van der Waals surface area contributed by atoms with Gasteiger partial charge in [-0.3, -0.25) is 19.9 Å². The monoisotopic (exact) mass is 296 g/mol. The molecule has 0 fully saturated rings. The molecule has 7 heteroatoms. The second-order valence-electron chi connectivity index (χ2n) is 5.53. The summed E-state index contributed by atoms with van der Waals surface area (Å²) in [4.78, 5) is 25.0. The molecule has 7 nitrogen and oxygen atoms in total. The van der Waals surface area contributed by atoms with Crippen LogP contribution in [0.4, 0.5) is 0 Å². The van der Waals surface area contributed by atoms with Gasteiger partial charge in [0.1, 0.15) is 11.5 Å². The smallest absolute Gasteiger partial charge is 0.268 e. The number of likely N-dealkylation sites (N-methyl/N-ethyl adjacent to an activating group) is 1. The van der Waals surface area contributed by atoms with Crippen LogP contribution in [0, 0.1) is 12.8 Å². The summed E-state index contributed by atoms with van der Waals surface area (Å²) in [6.07, 6.45) is 0. The first kappa shape index (κ1) is 17.2. The lowest BCUT2D eigenvalue weighted by Gasteiger charge is -2.15. The van der Waals surface area contributed by atoms with Crippen molar-refractivity contribution in [3.8, 4) is 0 Å². The van der Waals surface area contributed by atoms with Crippen molar-refractivity contribution in [3.05, 3.63) is 23.2 Å². The molecular weight excluding hydrogens is 272 g/mol. The number of nitrogens with one attached hydrogen (secondary N) is 2. The van der Waals surface area contributed by atoms with Crippen LogP contribution in [-0.2, 0) is 11.3 Å². The fourth-order valence-corrected chi connectivity index (χ4v) is 1.87. The van der Waals surface area contributed by atoms with Crippen molar-refractivity contribution >= 4 is 11.8 Å². The Morgan fingerprint density at radius 1 is 1.43 bits per heavy atom. The second-order valence-corrected chi connectivity index (χ2v) is 5.53. The molecule has 0 unspecified atom stereocenters. The van der Waals surface area contributed by atoms with Crippen LogP contribution in [0.25, 0.3) is 0 Å². The number of hydrogen-bond donors (Lipinski definition) is 3. The van der Waals surface area contributed by atoms with Crippen LogP contribution in [0.2, 0.25) is 0 Å². The summed E-state index contributed by atoms with van der Waals surface area (Å²) in [6, 6.07) is 1.64. The number of nitrogens with two attached hydrogens (primary N) is 1. The third-order valence-corrected chi connectivity index (χ3v) is 2.89. The van der Waals surface area contributed by atoms with Gasteiger partial charge in [-0.2, -0.15) is 0 Å². The van der Waals surface area contributed by atoms with Gasteiger partial charge in [-0.25, -0.2) is 5.84 Å². The average Bonchev–Trinajstić information content (AvgIpc) is 2.76. The summed E-state index contributed by atoms with van der Waals surface area (Å²) in [5.74, 6) is 6.22. The van der Waals surface area contributed by atoms with Gasteiger partial charge in [0, 0.05) is 6.54 Å². The molecule has 0 radical (unpaired) electrons. The van der Waals surface area contributed by atoms with Crippen molar-refractivity contribution in [2.24, 2.45) is 11.8 Å². The maximum absolute atomic E-state index is 11.7. The van der Waals surface area contributed by atoms with Gasteiger partial charge in [-0.05, 0) is 26.0 Å². The van der Waals surface area contributed by atoms with Crippen LogP contribution in [0.15, 0.2) is 10.5 Å². The van der Waals surface area contributed by atoms with E-state index in [1.807, 2.05) is 25.8 Å². The van der Waals surface area contributed by atoms with Crippen molar-refractivity contribution < 1.29 is 14.0 Å². The predicted octanol–water partition coefficient (Wildman–Crippen LogP) is 0.396. The Kier molecular flexibility index (Phi) is 6.39. The first-order chi connectivity index (χ1) is 9.83. The molecule has 0 spiro atoms. The lowest BCUT2D eigenvalue weighted by Crippen LogP contribution is -2.36. The molecule has 1 aromatic rings. The van der Waals surface area contributed by atoms with E-state index < -0.39 is 0 Å². The standard InChI is InChI=1S/C14H24N4O3/c1-9(2)6-16-13(19)8-18(4)7-11-5-12(10(3)21-11)14(20)17-15/h5,9H,6-8,15H2,1-4H3,(H,16,19)(H,17,20). The van der Waals surface area contributed by atoms with Crippen molar-refractivity contribution in [2.75, 3.05) is 20.1 Å². The van der Waals surface area contributed by atoms with Crippen LogP contribution < -0.4 is 16.6 Å². The molecule has 0 atom stereocenters. The number of hydrogen-bond acceptors (Lipinski definition) is 5. The highest BCUT2D eigenvalue weighted by atomic mass is 16.3. The number of carbonyl (C=O) groups is 2. The minimum absolute atomic E-state index is 0.0330. The van der Waals surface area contributed by atoms with Crippen LogP contribution >= 0.6 is 0 Å². The number of amides is 2. The zero-order chi connectivity index (χ0) is 16.0. The molecule has 0 saturated carbocycles. The fraction of sp³-hybridized carbons (Fsp3) is 0.571. The molecule has 0 aliphatic carbocycles. The number of nitrogens with zero attached hydrogens (tertiary/aromatic N) is 1. The highest BCUT2D eigenvalue weighted by Crippen LogP contribution is 2.15.